The summed E-state index contributed by atoms with van der Waals surface area (Å²) in [6.45, 7) is 3.90. The summed E-state index contributed by atoms with van der Waals surface area (Å²) in [6, 6.07) is 0.0760. The summed E-state index contributed by atoms with van der Waals surface area (Å²) in [5.74, 6) is -7.71. The highest BCUT2D eigenvalue weighted by atomic mass is 19.1. The molecule has 0 saturated heterocycles. The third-order valence-electron chi connectivity index (χ3n) is 7.73. The fourth-order valence-electron chi connectivity index (χ4n) is 5.98. The van der Waals surface area contributed by atoms with Crippen LogP contribution in [0.3, 0.4) is 0 Å². The van der Waals surface area contributed by atoms with Gasteiger partial charge in [0, 0.05) is 17.1 Å². The van der Waals surface area contributed by atoms with Gasteiger partial charge in [-0.1, -0.05) is 13.8 Å². The number of phenols is 1. The van der Waals surface area contributed by atoms with E-state index >= 15 is 0 Å². The van der Waals surface area contributed by atoms with E-state index in [1.54, 1.807) is 0 Å². The van der Waals surface area contributed by atoms with Gasteiger partial charge in [0.05, 0.1) is 11.6 Å². The summed E-state index contributed by atoms with van der Waals surface area (Å²) < 4.78 is 14.9. The summed E-state index contributed by atoms with van der Waals surface area (Å²) in [5.41, 5.74) is 1.72. The van der Waals surface area contributed by atoms with Crippen molar-refractivity contribution in [2.24, 2.45) is 23.5 Å². The van der Waals surface area contributed by atoms with E-state index < -0.39 is 69.6 Å². The Hall–Kier alpha value is -3.24. The van der Waals surface area contributed by atoms with Crippen LogP contribution in [-0.4, -0.2) is 68.5 Å². The molecule has 1 aromatic rings. The van der Waals surface area contributed by atoms with E-state index in [4.69, 9.17) is 5.73 Å². The summed E-state index contributed by atoms with van der Waals surface area (Å²) in [7, 11) is 3.05. The first-order valence-electron chi connectivity index (χ1n) is 11.9. The van der Waals surface area contributed by atoms with Gasteiger partial charge in [0.15, 0.2) is 11.4 Å². The van der Waals surface area contributed by atoms with E-state index in [1.165, 1.54) is 25.1 Å². The smallest absolute Gasteiger partial charge is 0.255 e. The molecule has 3 aliphatic carbocycles. The van der Waals surface area contributed by atoms with Crippen LogP contribution in [0.25, 0.3) is 5.76 Å². The van der Waals surface area contributed by atoms with Crippen molar-refractivity contribution < 1.29 is 39.2 Å². The van der Waals surface area contributed by atoms with E-state index in [0.717, 1.165) is 0 Å². The van der Waals surface area contributed by atoms with Crippen molar-refractivity contribution in [1.29, 1.82) is 0 Å². The molecule has 0 radical (unpaired) electrons. The molecular weight excluding hydrogens is 471 g/mol. The summed E-state index contributed by atoms with van der Waals surface area (Å²) >= 11 is 0. The van der Waals surface area contributed by atoms with Crippen molar-refractivity contribution in [3.05, 3.63) is 45.5 Å². The molecule has 10 heteroatoms. The predicted molar refractivity (Wildman–Crippen MR) is 127 cm³/mol. The number of amides is 1. The number of hydrogen-bond acceptors (Lipinski definition) is 8. The molecule has 0 heterocycles. The van der Waals surface area contributed by atoms with Gasteiger partial charge < -0.3 is 26.2 Å². The lowest BCUT2D eigenvalue weighted by atomic mass is 9.57. The maximum absolute atomic E-state index is 14.9. The van der Waals surface area contributed by atoms with Gasteiger partial charge in [-0.2, -0.15) is 0 Å². The molecule has 1 aromatic carbocycles. The molecule has 1 saturated carbocycles. The Morgan fingerprint density at radius 2 is 1.89 bits per heavy atom. The zero-order valence-corrected chi connectivity index (χ0v) is 20.6. The number of primary amides is 1. The van der Waals surface area contributed by atoms with E-state index in [-0.39, 0.29) is 41.9 Å². The molecule has 36 heavy (non-hydrogen) atoms. The van der Waals surface area contributed by atoms with Crippen molar-refractivity contribution in [3.8, 4) is 5.75 Å². The minimum Gasteiger partial charge on any atom is -0.508 e. The topological polar surface area (TPSA) is 161 Å². The number of aromatic hydroxyl groups is 1. The molecule has 4 atom stereocenters. The fraction of sp³-hybridized carbons (Fsp3) is 0.500. The van der Waals surface area contributed by atoms with Crippen molar-refractivity contribution in [1.82, 2.24) is 4.90 Å². The lowest BCUT2D eigenvalue weighted by Crippen LogP contribution is -2.65. The number of benzene rings is 1. The number of likely N-dealkylation sites (N-methyl/N-ethyl adjacent to an activating group) is 1. The Morgan fingerprint density at radius 3 is 2.44 bits per heavy atom. The summed E-state index contributed by atoms with van der Waals surface area (Å²) in [6.07, 6.45) is 0.817. The number of nitrogens with two attached hydrogens (primary N) is 1. The molecule has 0 aliphatic heterocycles. The Labute approximate surface area is 207 Å². The average molecular weight is 503 g/mol. The van der Waals surface area contributed by atoms with E-state index in [1.807, 2.05) is 13.8 Å². The maximum atomic E-state index is 14.9. The van der Waals surface area contributed by atoms with E-state index in [0.29, 0.717) is 12.0 Å². The first kappa shape index (κ1) is 25.8. The standard InChI is InChI=1S/C26H31FN2O7/c1-10(2)5-6-13-15(27)9-12-7-11-8-14-19(29(3)4)22(32)18(25(28)35)24(34)26(14,36)23(33)17(11)21(31)16(12)20(13)30/h9-11,14,19,30-31,34,36H,5-8H2,1-4H3,(H2,28,35)/t11-,14-,19-,26-/m0/s1. The number of ketones is 2. The van der Waals surface area contributed by atoms with Crippen LogP contribution in [0.2, 0.25) is 0 Å². The minimum atomic E-state index is -2.69. The molecule has 0 bridgehead atoms. The van der Waals surface area contributed by atoms with Crippen LogP contribution in [-0.2, 0) is 27.2 Å². The predicted octanol–water partition coefficient (Wildman–Crippen LogP) is 1.69. The maximum Gasteiger partial charge on any atom is 0.255 e. The third-order valence-corrected chi connectivity index (χ3v) is 7.73. The highest BCUT2D eigenvalue weighted by Gasteiger charge is 2.64. The Bertz CT molecular complexity index is 1250. The third kappa shape index (κ3) is 3.54. The van der Waals surface area contributed by atoms with Crippen molar-refractivity contribution in [2.75, 3.05) is 14.1 Å². The quantitative estimate of drug-likeness (QED) is 0.380. The van der Waals surface area contributed by atoms with Crippen LogP contribution in [0.5, 0.6) is 5.75 Å². The van der Waals surface area contributed by atoms with Crippen LogP contribution < -0.4 is 5.73 Å². The summed E-state index contributed by atoms with van der Waals surface area (Å²) in [4.78, 5) is 40.3. The lowest BCUT2D eigenvalue weighted by Gasteiger charge is -2.50. The molecule has 0 aromatic heterocycles. The van der Waals surface area contributed by atoms with Crippen molar-refractivity contribution in [3.63, 3.8) is 0 Å². The highest BCUT2D eigenvalue weighted by Crippen LogP contribution is 2.53. The molecule has 0 unspecified atom stereocenters. The SMILES string of the molecule is CC(C)CCc1c(F)cc2c(c1O)C(O)=C1C(=O)[C@]3(O)C(O)=C(C(N)=O)C(=O)[C@@H](N(C)C)[C@@H]3C[C@@H]1C2. The second kappa shape index (κ2) is 8.70. The number of aliphatic hydroxyl groups excluding tert-OH is 2. The lowest BCUT2D eigenvalue weighted by molar-refractivity contribution is -0.153. The number of phenolic OH excluding ortho intramolecular Hbond substituents is 1. The first-order valence-corrected chi connectivity index (χ1v) is 11.9. The molecule has 6 N–H and O–H groups in total. The Morgan fingerprint density at radius 1 is 1.25 bits per heavy atom. The van der Waals surface area contributed by atoms with Gasteiger partial charge in [0.2, 0.25) is 5.78 Å². The molecule has 1 amide bonds. The number of rotatable bonds is 5. The molecule has 0 spiro atoms. The number of hydrogen-bond donors (Lipinski definition) is 5. The van der Waals surface area contributed by atoms with Crippen LogP contribution in [0.15, 0.2) is 23.0 Å². The molecule has 4 rings (SSSR count). The van der Waals surface area contributed by atoms with Crippen LogP contribution in [0.4, 0.5) is 4.39 Å². The van der Waals surface area contributed by atoms with E-state index in [2.05, 4.69) is 0 Å². The molecule has 3 aliphatic rings. The van der Waals surface area contributed by atoms with Gasteiger partial charge in [0.25, 0.3) is 5.91 Å². The molecular formula is C26H31FN2O7. The first-order chi connectivity index (χ1) is 16.7. The number of aliphatic hydroxyl groups is 3. The van der Waals surface area contributed by atoms with Gasteiger partial charge in [-0.3, -0.25) is 19.3 Å². The largest absolute Gasteiger partial charge is 0.508 e. The van der Waals surface area contributed by atoms with Crippen LogP contribution in [0, 0.1) is 23.6 Å². The number of carbonyl (C=O) groups is 3. The zero-order valence-electron chi connectivity index (χ0n) is 20.6. The molecule has 9 nitrogen and oxygen atoms in total. The second-order valence-corrected chi connectivity index (χ2v) is 10.6. The normalized spacial score (nSPS) is 27.9. The van der Waals surface area contributed by atoms with Crippen LogP contribution >= 0.6 is 0 Å². The molecule has 1 fully saturated rings. The monoisotopic (exact) mass is 502 g/mol. The number of halogens is 1. The average Bonchev–Trinajstić information content (AvgIpc) is 2.75. The van der Waals surface area contributed by atoms with Crippen molar-refractivity contribution >= 4 is 23.2 Å². The fourth-order valence-corrected chi connectivity index (χ4v) is 5.98. The van der Waals surface area contributed by atoms with Gasteiger partial charge in [0.1, 0.15) is 28.7 Å². The Kier molecular flexibility index (Phi) is 6.25. The number of carbonyl (C=O) groups excluding carboxylic acids is 3. The second-order valence-electron chi connectivity index (χ2n) is 10.6. The number of Topliss-reactive ketones (excluding diaryl/α,β-unsaturated/α-hetero) is 2. The highest BCUT2D eigenvalue weighted by molar-refractivity contribution is 6.24. The molecule has 194 valence electrons. The number of nitrogens with zero attached hydrogens (tertiary/aromatic N) is 1. The van der Waals surface area contributed by atoms with Gasteiger partial charge in [-0.05, 0) is 63.2 Å². The van der Waals surface area contributed by atoms with Gasteiger partial charge in [-0.25, -0.2) is 4.39 Å². The Balaban J connectivity index is 1.92. The van der Waals surface area contributed by atoms with Crippen molar-refractivity contribution in [2.45, 2.75) is 51.2 Å². The number of fused-ring (bicyclic) bond motifs is 3. The summed E-state index contributed by atoms with van der Waals surface area (Å²) in [5, 5.41) is 44.5. The minimum absolute atomic E-state index is 0.0163. The van der Waals surface area contributed by atoms with Gasteiger partial charge in [-0.15, -0.1) is 0 Å². The zero-order chi connectivity index (χ0) is 26.9. The van der Waals surface area contributed by atoms with Crippen LogP contribution in [0.1, 0.15) is 43.4 Å². The van der Waals surface area contributed by atoms with Gasteiger partial charge >= 0.3 is 0 Å². The van der Waals surface area contributed by atoms with E-state index in [9.17, 15) is 39.2 Å².